The summed E-state index contributed by atoms with van der Waals surface area (Å²) in [5.74, 6) is 0.627. The standard InChI is InChI=1S/C15H21N3O3/c1-17(2)14(19)18-8-6-15(11-18)9-12(10-20-15)21-13-5-3-4-7-16-13/h3-5,7,12H,6,8-11H2,1-2H3/t12-,15+/m1/s1. The average Bonchev–Trinajstić information content (AvgIpc) is 3.07. The Labute approximate surface area is 124 Å². The van der Waals surface area contributed by atoms with Crippen LogP contribution in [0.2, 0.25) is 0 Å². The number of carbonyl (C=O) groups is 1. The Morgan fingerprint density at radius 1 is 1.52 bits per heavy atom. The normalized spacial score (nSPS) is 28.1. The molecule has 3 rings (SSSR count). The van der Waals surface area contributed by atoms with Crippen molar-refractivity contribution in [3.63, 3.8) is 0 Å². The molecule has 114 valence electrons. The second-order valence-electron chi connectivity index (χ2n) is 5.95. The predicted molar refractivity (Wildman–Crippen MR) is 77.2 cm³/mol. The molecule has 6 nitrogen and oxygen atoms in total. The number of aromatic nitrogens is 1. The second-order valence-corrected chi connectivity index (χ2v) is 5.95. The molecule has 21 heavy (non-hydrogen) atoms. The van der Waals surface area contributed by atoms with Crippen molar-refractivity contribution >= 4 is 6.03 Å². The summed E-state index contributed by atoms with van der Waals surface area (Å²) in [6, 6.07) is 5.66. The lowest BCUT2D eigenvalue weighted by Gasteiger charge is -2.25. The zero-order chi connectivity index (χ0) is 14.9. The van der Waals surface area contributed by atoms with Crippen molar-refractivity contribution in [2.24, 2.45) is 0 Å². The molecule has 0 unspecified atom stereocenters. The number of likely N-dealkylation sites (tertiary alicyclic amines) is 1. The fourth-order valence-electron chi connectivity index (χ4n) is 3.04. The lowest BCUT2D eigenvalue weighted by atomic mass is 9.98. The molecular formula is C15H21N3O3. The molecule has 0 bridgehead atoms. The van der Waals surface area contributed by atoms with Gasteiger partial charge in [-0.1, -0.05) is 6.07 Å². The van der Waals surface area contributed by atoms with Crippen LogP contribution in [0.4, 0.5) is 4.79 Å². The molecule has 2 aliphatic rings. The average molecular weight is 291 g/mol. The van der Waals surface area contributed by atoms with Gasteiger partial charge in [0.15, 0.2) is 0 Å². The van der Waals surface area contributed by atoms with E-state index in [2.05, 4.69) is 4.98 Å². The van der Waals surface area contributed by atoms with Crippen molar-refractivity contribution in [1.82, 2.24) is 14.8 Å². The molecule has 0 saturated carbocycles. The molecule has 2 aliphatic heterocycles. The molecule has 2 amide bonds. The van der Waals surface area contributed by atoms with Crippen LogP contribution in [-0.4, -0.2) is 66.3 Å². The molecule has 2 fully saturated rings. The third kappa shape index (κ3) is 2.95. The molecule has 2 saturated heterocycles. The zero-order valence-electron chi connectivity index (χ0n) is 12.5. The minimum Gasteiger partial charge on any atom is -0.472 e. The molecule has 0 aromatic carbocycles. The van der Waals surface area contributed by atoms with Gasteiger partial charge in [-0.2, -0.15) is 0 Å². The highest BCUT2D eigenvalue weighted by Gasteiger charge is 2.47. The minimum atomic E-state index is -0.245. The zero-order valence-corrected chi connectivity index (χ0v) is 12.5. The van der Waals surface area contributed by atoms with Gasteiger partial charge in [0.05, 0.1) is 18.8 Å². The molecule has 6 heteroatoms. The quantitative estimate of drug-likeness (QED) is 0.826. The van der Waals surface area contributed by atoms with Crippen LogP contribution in [0.15, 0.2) is 24.4 Å². The molecule has 2 atom stereocenters. The van der Waals surface area contributed by atoms with Crippen LogP contribution in [0.3, 0.4) is 0 Å². The van der Waals surface area contributed by atoms with Crippen LogP contribution in [0.5, 0.6) is 5.88 Å². The van der Waals surface area contributed by atoms with E-state index in [0.717, 1.165) is 19.4 Å². The number of ether oxygens (including phenoxy) is 2. The van der Waals surface area contributed by atoms with Gasteiger partial charge in [0.2, 0.25) is 5.88 Å². The Balaban J connectivity index is 1.58. The number of hydrogen-bond acceptors (Lipinski definition) is 4. The van der Waals surface area contributed by atoms with E-state index in [1.54, 1.807) is 25.2 Å². The summed E-state index contributed by atoms with van der Waals surface area (Å²) in [6.07, 6.45) is 3.40. The van der Waals surface area contributed by atoms with Crippen molar-refractivity contribution in [2.45, 2.75) is 24.5 Å². The highest BCUT2D eigenvalue weighted by atomic mass is 16.6. The molecule has 0 N–H and O–H groups in total. The molecule has 1 spiro atoms. The second kappa shape index (κ2) is 5.52. The Bertz CT molecular complexity index is 508. The first kappa shape index (κ1) is 14.1. The van der Waals surface area contributed by atoms with Crippen LogP contribution >= 0.6 is 0 Å². The van der Waals surface area contributed by atoms with E-state index in [-0.39, 0.29) is 17.7 Å². The SMILES string of the molecule is CN(C)C(=O)N1CC[C@]2(C[C@@H](Oc3ccccn3)CO2)C1. The Morgan fingerprint density at radius 3 is 3.10 bits per heavy atom. The largest absolute Gasteiger partial charge is 0.472 e. The van der Waals surface area contributed by atoms with Gasteiger partial charge in [-0.05, 0) is 12.5 Å². The van der Waals surface area contributed by atoms with Gasteiger partial charge in [-0.25, -0.2) is 9.78 Å². The van der Waals surface area contributed by atoms with E-state index in [4.69, 9.17) is 9.47 Å². The van der Waals surface area contributed by atoms with Crippen molar-refractivity contribution in [3.05, 3.63) is 24.4 Å². The highest BCUT2D eigenvalue weighted by molar-refractivity contribution is 5.74. The van der Waals surface area contributed by atoms with Gasteiger partial charge < -0.3 is 19.3 Å². The first-order chi connectivity index (χ1) is 10.1. The van der Waals surface area contributed by atoms with Crippen LogP contribution in [-0.2, 0) is 4.74 Å². The highest BCUT2D eigenvalue weighted by Crippen LogP contribution is 2.36. The van der Waals surface area contributed by atoms with E-state index in [0.29, 0.717) is 19.0 Å². The summed E-state index contributed by atoms with van der Waals surface area (Å²) >= 11 is 0. The molecule has 1 aromatic heterocycles. The molecule has 0 radical (unpaired) electrons. The van der Waals surface area contributed by atoms with E-state index in [9.17, 15) is 4.79 Å². The lowest BCUT2D eigenvalue weighted by Crippen LogP contribution is -2.41. The number of carbonyl (C=O) groups excluding carboxylic acids is 1. The Kier molecular flexibility index (Phi) is 3.71. The third-order valence-corrected chi connectivity index (χ3v) is 4.07. The number of urea groups is 1. The number of amides is 2. The van der Waals surface area contributed by atoms with Crippen molar-refractivity contribution < 1.29 is 14.3 Å². The predicted octanol–water partition coefficient (Wildman–Crippen LogP) is 1.38. The fourth-order valence-corrected chi connectivity index (χ4v) is 3.04. The van der Waals surface area contributed by atoms with Crippen molar-refractivity contribution in [3.8, 4) is 5.88 Å². The maximum atomic E-state index is 12.0. The van der Waals surface area contributed by atoms with Gasteiger partial charge in [0.1, 0.15) is 6.10 Å². The van der Waals surface area contributed by atoms with E-state index >= 15 is 0 Å². The van der Waals surface area contributed by atoms with Gasteiger partial charge in [0, 0.05) is 39.3 Å². The van der Waals surface area contributed by atoms with Crippen LogP contribution in [0, 0.1) is 0 Å². The topological polar surface area (TPSA) is 54.9 Å². The molecule has 0 aliphatic carbocycles. The van der Waals surface area contributed by atoms with E-state index in [1.807, 2.05) is 23.1 Å². The summed E-state index contributed by atoms with van der Waals surface area (Å²) in [5, 5.41) is 0. The van der Waals surface area contributed by atoms with Crippen molar-refractivity contribution in [1.29, 1.82) is 0 Å². The van der Waals surface area contributed by atoms with E-state index in [1.165, 1.54) is 0 Å². The Hall–Kier alpha value is -1.82. The van der Waals surface area contributed by atoms with E-state index < -0.39 is 0 Å². The lowest BCUT2D eigenvalue weighted by molar-refractivity contribution is 0.0114. The number of pyridine rings is 1. The maximum absolute atomic E-state index is 12.0. The third-order valence-electron chi connectivity index (χ3n) is 4.07. The van der Waals surface area contributed by atoms with Gasteiger partial charge in [0.25, 0.3) is 0 Å². The summed E-state index contributed by atoms with van der Waals surface area (Å²) in [7, 11) is 3.55. The fraction of sp³-hybridized carbons (Fsp3) is 0.600. The molecule has 3 heterocycles. The summed E-state index contributed by atoms with van der Waals surface area (Å²) in [5.41, 5.74) is -0.245. The number of rotatable bonds is 2. The van der Waals surface area contributed by atoms with Crippen LogP contribution in [0.25, 0.3) is 0 Å². The minimum absolute atomic E-state index is 0.00862. The maximum Gasteiger partial charge on any atom is 0.319 e. The summed E-state index contributed by atoms with van der Waals surface area (Å²) in [4.78, 5) is 19.6. The van der Waals surface area contributed by atoms with Gasteiger partial charge in [-0.15, -0.1) is 0 Å². The number of hydrogen-bond donors (Lipinski definition) is 0. The number of nitrogens with zero attached hydrogens (tertiary/aromatic N) is 3. The summed E-state index contributed by atoms with van der Waals surface area (Å²) < 4.78 is 11.8. The first-order valence-electron chi connectivity index (χ1n) is 7.26. The van der Waals surface area contributed by atoms with Crippen molar-refractivity contribution in [2.75, 3.05) is 33.8 Å². The smallest absolute Gasteiger partial charge is 0.319 e. The summed E-state index contributed by atoms with van der Waals surface area (Å²) in [6.45, 7) is 1.94. The molecule has 1 aromatic rings. The first-order valence-corrected chi connectivity index (χ1v) is 7.26. The van der Waals surface area contributed by atoms with Gasteiger partial charge >= 0.3 is 6.03 Å². The van der Waals surface area contributed by atoms with Crippen LogP contribution in [0.1, 0.15) is 12.8 Å². The van der Waals surface area contributed by atoms with Gasteiger partial charge in [-0.3, -0.25) is 0 Å². The molecular weight excluding hydrogens is 270 g/mol. The Morgan fingerprint density at radius 2 is 2.38 bits per heavy atom. The monoisotopic (exact) mass is 291 g/mol. The van der Waals surface area contributed by atoms with Crippen LogP contribution < -0.4 is 4.74 Å².